The lowest BCUT2D eigenvalue weighted by atomic mass is 9.44. The molecule has 0 radical (unpaired) electrons. The van der Waals surface area contributed by atoms with E-state index in [0.29, 0.717) is 40.9 Å². The van der Waals surface area contributed by atoms with E-state index < -0.39 is 0 Å². The minimum atomic E-state index is -0.0778. The molecular weight excluding hydrogens is 396 g/mol. The van der Waals surface area contributed by atoms with Crippen LogP contribution in [0.15, 0.2) is 0 Å². The van der Waals surface area contributed by atoms with Crippen molar-refractivity contribution in [1.82, 2.24) is 5.32 Å². The van der Waals surface area contributed by atoms with Gasteiger partial charge in [-0.1, -0.05) is 47.5 Å². The average Bonchev–Trinajstić information content (AvgIpc) is 3.14. The van der Waals surface area contributed by atoms with Crippen molar-refractivity contribution in [2.45, 2.75) is 105 Å². The summed E-state index contributed by atoms with van der Waals surface area (Å²) in [4.78, 5) is 11.1. The SMILES string of the molecule is CC.CNCCN.C[C@@H](CC=O)C1CCC2C3C(CC[C@]21C)[C@]1(C)CCCCC1C[C@@H]3O. The average molecular weight is 451 g/mol. The molecule has 4 rings (SSSR count). The van der Waals surface area contributed by atoms with Crippen molar-refractivity contribution in [2.75, 3.05) is 20.1 Å². The highest BCUT2D eigenvalue weighted by Gasteiger charge is 2.62. The summed E-state index contributed by atoms with van der Waals surface area (Å²) in [6.07, 6.45) is 13.5. The minimum absolute atomic E-state index is 0.0778. The first-order valence-corrected chi connectivity index (χ1v) is 13.8. The standard InChI is InChI=1S/C23H38O2.C3H10N2.C2H6/c1-15(10-13-24)17-7-8-18-21-19(9-12-23(17,18)3)22(2)11-5-4-6-16(22)14-20(21)25;1-5-3-2-4;1-2/h13,15-21,25H,4-12,14H2,1-3H3;5H,2-4H2,1H3;1-2H3/t15-,16?,17?,18?,19?,20-,21?,22+,23-;;/m0../s1. The molecule has 0 saturated heterocycles. The number of fused-ring (bicyclic) bond motifs is 5. The van der Waals surface area contributed by atoms with Gasteiger partial charge in [0.2, 0.25) is 0 Å². The zero-order chi connectivity index (χ0) is 23.9. The summed E-state index contributed by atoms with van der Waals surface area (Å²) in [5.74, 6) is 3.87. The van der Waals surface area contributed by atoms with E-state index in [1.165, 1.54) is 51.4 Å². The van der Waals surface area contributed by atoms with Crippen molar-refractivity contribution in [3.05, 3.63) is 0 Å². The van der Waals surface area contributed by atoms with Gasteiger partial charge in [0.05, 0.1) is 6.10 Å². The van der Waals surface area contributed by atoms with Crippen LogP contribution in [0.1, 0.15) is 98.8 Å². The lowest BCUT2D eigenvalue weighted by Gasteiger charge is -2.62. The molecule has 4 aliphatic rings. The number of carbonyl (C=O) groups excluding carboxylic acids is 1. The molecule has 4 nitrogen and oxygen atoms in total. The Labute approximate surface area is 198 Å². The highest BCUT2D eigenvalue weighted by Crippen LogP contribution is 2.68. The van der Waals surface area contributed by atoms with Gasteiger partial charge in [-0.05, 0) is 98.3 Å². The number of hydrogen-bond donors (Lipinski definition) is 3. The Bertz CT molecular complexity index is 568. The number of aliphatic hydroxyl groups is 1. The summed E-state index contributed by atoms with van der Waals surface area (Å²) in [7, 11) is 1.88. The maximum atomic E-state index is 11.2. The first kappa shape index (κ1) is 27.8. The molecule has 0 amide bonds. The van der Waals surface area contributed by atoms with Crippen LogP contribution in [0, 0.1) is 46.3 Å². The lowest BCUT2D eigenvalue weighted by molar-refractivity contribution is -0.164. The summed E-state index contributed by atoms with van der Waals surface area (Å²) >= 11 is 0. The Morgan fingerprint density at radius 1 is 1.06 bits per heavy atom. The van der Waals surface area contributed by atoms with Crippen molar-refractivity contribution in [3.63, 3.8) is 0 Å². The van der Waals surface area contributed by atoms with Gasteiger partial charge in [-0.25, -0.2) is 0 Å². The summed E-state index contributed by atoms with van der Waals surface area (Å²) < 4.78 is 0. The summed E-state index contributed by atoms with van der Waals surface area (Å²) in [5.41, 5.74) is 5.91. The van der Waals surface area contributed by atoms with E-state index in [2.05, 4.69) is 26.1 Å². The van der Waals surface area contributed by atoms with Gasteiger partial charge in [-0.2, -0.15) is 0 Å². The molecule has 9 atom stereocenters. The topological polar surface area (TPSA) is 75.3 Å². The predicted molar refractivity (Wildman–Crippen MR) is 135 cm³/mol. The molecule has 0 aromatic carbocycles. The number of nitrogens with one attached hydrogen (secondary N) is 1. The van der Waals surface area contributed by atoms with Gasteiger partial charge in [0.1, 0.15) is 6.29 Å². The van der Waals surface area contributed by atoms with Crippen molar-refractivity contribution in [1.29, 1.82) is 0 Å². The van der Waals surface area contributed by atoms with Gasteiger partial charge in [0.25, 0.3) is 0 Å². The van der Waals surface area contributed by atoms with E-state index in [4.69, 9.17) is 5.73 Å². The monoisotopic (exact) mass is 450 g/mol. The second kappa shape index (κ2) is 12.3. The van der Waals surface area contributed by atoms with Crippen LogP contribution in [-0.2, 0) is 4.79 Å². The number of rotatable bonds is 5. The molecule has 4 fully saturated rings. The molecule has 0 aromatic rings. The number of nitrogens with two attached hydrogens (primary N) is 1. The van der Waals surface area contributed by atoms with Gasteiger partial charge in [-0.15, -0.1) is 0 Å². The quantitative estimate of drug-likeness (QED) is 0.489. The Balaban J connectivity index is 0.000000460. The van der Waals surface area contributed by atoms with Crippen molar-refractivity contribution >= 4 is 6.29 Å². The van der Waals surface area contributed by atoms with Gasteiger partial charge in [-0.3, -0.25) is 0 Å². The van der Waals surface area contributed by atoms with Crippen LogP contribution < -0.4 is 11.1 Å². The zero-order valence-corrected chi connectivity index (χ0v) is 22.0. The smallest absolute Gasteiger partial charge is 0.120 e. The molecule has 4 aliphatic carbocycles. The Morgan fingerprint density at radius 3 is 2.34 bits per heavy atom. The van der Waals surface area contributed by atoms with Crippen LogP contribution in [0.5, 0.6) is 0 Å². The molecule has 0 bridgehead atoms. The van der Waals surface area contributed by atoms with Crippen LogP contribution in [0.3, 0.4) is 0 Å². The molecule has 32 heavy (non-hydrogen) atoms. The summed E-state index contributed by atoms with van der Waals surface area (Å²) in [5, 5.41) is 14.1. The fourth-order valence-electron chi connectivity index (χ4n) is 8.69. The van der Waals surface area contributed by atoms with Crippen LogP contribution in [0.25, 0.3) is 0 Å². The number of aldehydes is 1. The Kier molecular flexibility index (Phi) is 10.7. The Hall–Kier alpha value is -0.450. The predicted octanol–water partition coefficient (Wildman–Crippen LogP) is 5.42. The molecule has 4 saturated carbocycles. The fourth-order valence-corrected chi connectivity index (χ4v) is 8.69. The molecule has 5 unspecified atom stereocenters. The van der Waals surface area contributed by atoms with Crippen molar-refractivity contribution in [2.24, 2.45) is 52.1 Å². The van der Waals surface area contributed by atoms with E-state index in [-0.39, 0.29) is 6.10 Å². The van der Waals surface area contributed by atoms with E-state index in [1.54, 1.807) is 0 Å². The van der Waals surface area contributed by atoms with Gasteiger partial charge in [0.15, 0.2) is 0 Å². The normalized spacial score (nSPS) is 43.2. The van der Waals surface area contributed by atoms with Crippen LogP contribution in [0.2, 0.25) is 0 Å². The second-order valence-electron chi connectivity index (χ2n) is 11.5. The van der Waals surface area contributed by atoms with Crippen LogP contribution >= 0.6 is 0 Å². The third-order valence-electron chi connectivity index (χ3n) is 10.2. The molecule has 188 valence electrons. The molecule has 0 heterocycles. The highest BCUT2D eigenvalue weighted by molar-refractivity contribution is 5.49. The third-order valence-corrected chi connectivity index (χ3v) is 10.2. The number of hydrogen-bond acceptors (Lipinski definition) is 4. The van der Waals surface area contributed by atoms with Gasteiger partial charge < -0.3 is 21.0 Å². The van der Waals surface area contributed by atoms with Crippen LogP contribution in [-0.4, -0.2) is 37.6 Å². The third kappa shape index (κ3) is 5.28. The lowest BCUT2D eigenvalue weighted by Crippen LogP contribution is -2.57. The number of carbonyl (C=O) groups is 1. The molecule has 4 heteroatoms. The van der Waals surface area contributed by atoms with E-state index in [0.717, 1.165) is 37.6 Å². The fraction of sp³-hybridized carbons (Fsp3) is 0.964. The Morgan fingerprint density at radius 2 is 1.75 bits per heavy atom. The summed E-state index contributed by atoms with van der Waals surface area (Å²) in [6.45, 7) is 13.0. The first-order valence-electron chi connectivity index (χ1n) is 13.8. The first-order chi connectivity index (χ1) is 15.3. The van der Waals surface area contributed by atoms with Crippen LogP contribution in [0.4, 0.5) is 0 Å². The highest BCUT2D eigenvalue weighted by atomic mass is 16.3. The molecule has 0 aromatic heterocycles. The maximum Gasteiger partial charge on any atom is 0.120 e. The number of aliphatic hydroxyl groups excluding tert-OH is 1. The summed E-state index contributed by atoms with van der Waals surface area (Å²) in [6, 6.07) is 0. The molecule has 4 N–H and O–H groups in total. The largest absolute Gasteiger partial charge is 0.393 e. The molecule has 0 aliphatic heterocycles. The van der Waals surface area contributed by atoms with Crippen molar-refractivity contribution < 1.29 is 9.90 Å². The van der Waals surface area contributed by atoms with E-state index in [1.807, 2.05) is 20.9 Å². The number of likely N-dealkylation sites (N-methyl/N-ethyl adjacent to an activating group) is 1. The van der Waals surface area contributed by atoms with Crippen molar-refractivity contribution in [3.8, 4) is 0 Å². The van der Waals surface area contributed by atoms with Gasteiger partial charge in [0, 0.05) is 19.5 Å². The second-order valence-corrected chi connectivity index (χ2v) is 11.5. The minimum Gasteiger partial charge on any atom is -0.393 e. The molecule has 0 spiro atoms. The zero-order valence-electron chi connectivity index (χ0n) is 22.0. The van der Waals surface area contributed by atoms with E-state index >= 15 is 0 Å². The maximum absolute atomic E-state index is 11.2. The van der Waals surface area contributed by atoms with E-state index in [9.17, 15) is 9.90 Å². The molecular formula is C28H54N2O2. The van der Waals surface area contributed by atoms with Gasteiger partial charge >= 0.3 is 0 Å².